The summed E-state index contributed by atoms with van der Waals surface area (Å²) in [5.74, 6) is 0.706. The van der Waals surface area contributed by atoms with Gasteiger partial charge in [-0.15, -0.1) is 0 Å². The summed E-state index contributed by atoms with van der Waals surface area (Å²) < 4.78 is 7.12. The highest BCUT2D eigenvalue weighted by Gasteiger charge is 2.11. The summed E-state index contributed by atoms with van der Waals surface area (Å²) in [5, 5.41) is 15.0. The van der Waals surface area contributed by atoms with E-state index in [2.05, 4.69) is 10.1 Å². The van der Waals surface area contributed by atoms with E-state index >= 15 is 0 Å². The second-order valence-corrected chi connectivity index (χ2v) is 4.28. The molecule has 0 saturated carbocycles. The van der Waals surface area contributed by atoms with E-state index in [-0.39, 0.29) is 11.6 Å². The summed E-state index contributed by atoms with van der Waals surface area (Å²) >= 11 is 6.04. The van der Waals surface area contributed by atoms with Crippen LogP contribution in [0.15, 0.2) is 42.9 Å². The van der Waals surface area contributed by atoms with Crippen molar-refractivity contribution < 1.29 is 9.66 Å². The van der Waals surface area contributed by atoms with Crippen molar-refractivity contribution in [2.75, 3.05) is 0 Å². The Morgan fingerprint density at radius 2 is 1.91 bits per heavy atom. The Kier molecular flexibility index (Phi) is 4.90. The Balaban J connectivity index is 0.000000847. The van der Waals surface area contributed by atoms with Gasteiger partial charge >= 0.3 is 0 Å². The van der Waals surface area contributed by atoms with Crippen LogP contribution in [0.3, 0.4) is 0 Å². The molecule has 1 aromatic carbocycles. The number of rotatable bonds is 3. The monoisotopic (exact) mass is 320 g/mol. The summed E-state index contributed by atoms with van der Waals surface area (Å²) in [5.41, 5.74) is 0.526. The van der Waals surface area contributed by atoms with Gasteiger partial charge in [-0.3, -0.25) is 10.1 Å². The van der Waals surface area contributed by atoms with Gasteiger partial charge in [0, 0.05) is 18.3 Å². The lowest BCUT2D eigenvalue weighted by atomic mass is 10.3. The van der Waals surface area contributed by atoms with Crippen LogP contribution in [0.5, 0.6) is 11.6 Å². The van der Waals surface area contributed by atoms with Crippen molar-refractivity contribution in [3.8, 4) is 11.6 Å². The van der Waals surface area contributed by atoms with Crippen LogP contribution in [0.2, 0.25) is 5.02 Å². The maximum Gasteiger partial charge on any atom is 0.269 e. The van der Waals surface area contributed by atoms with Gasteiger partial charge in [0.25, 0.3) is 5.69 Å². The van der Waals surface area contributed by atoms with Crippen LogP contribution in [0.25, 0.3) is 5.52 Å². The number of ether oxygens (including phenoxy) is 1. The Morgan fingerprint density at radius 1 is 1.23 bits per heavy atom. The van der Waals surface area contributed by atoms with E-state index in [9.17, 15) is 10.1 Å². The summed E-state index contributed by atoms with van der Waals surface area (Å²) in [6.07, 6.45) is 3.02. The van der Waals surface area contributed by atoms with Crippen LogP contribution in [0, 0.1) is 10.1 Å². The van der Waals surface area contributed by atoms with Crippen LogP contribution in [0.4, 0.5) is 5.69 Å². The van der Waals surface area contributed by atoms with E-state index in [1.165, 1.54) is 35.1 Å². The van der Waals surface area contributed by atoms with Crippen LogP contribution < -0.4 is 4.74 Å². The van der Waals surface area contributed by atoms with E-state index in [1.54, 1.807) is 12.3 Å². The molecular formula is C14H13ClN4O3. The van der Waals surface area contributed by atoms with Crippen molar-refractivity contribution in [1.29, 1.82) is 0 Å². The molecule has 22 heavy (non-hydrogen) atoms. The van der Waals surface area contributed by atoms with Crippen LogP contribution in [0.1, 0.15) is 13.8 Å². The van der Waals surface area contributed by atoms with Gasteiger partial charge in [0.2, 0.25) is 5.88 Å². The molecule has 0 atom stereocenters. The van der Waals surface area contributed by atoms with E-state index in [0.717, 1.165) is 0 Å². The van der Waals surface area contributed by atoms with E-state index in [1.807, 2.05) is 13.8 Å². The standard InChI is InChI=1S/C12H7ClN4O3.C2H6/c13-10-5-6-16-11(10)12(14-7-15-16)20-9-3-1-8(2-4-9)17(18)19;1-2/h1-7H;1-2H3. The summed E-state index contributed by atoms with van der Waals surface area (Å²) in [6, 6.07) is 7.37. The molecule has 3 aromatic rings. The minimum Gasteiger partial charge on any atom is -0.437 e. The molecule has 0 radical (unpaired) electrons. The molecule has 0 unspecified atom stereocenters. The first-order valence-electron chi connectivity index (χ1n) is 6.55. The van der Waals surface area contributed by atoms with Crippen LogP contribution >= 0.6 is 11.6 Å². The van der Waals surface area contributed by atoms with E-state index in [0.29, 0.717) is 16.3 Å². The zero-order chi connectivity index (χ0) is 16.1. The number of nitro benzene ring substituents is 1. The largest absolute Gasteiger partial charge is 0.437 e. The minimum absolute atomic E-state index is 0.00842. The third-order valence-electron chi connectivity index (χ3n) is 2.63. The van der Waals surface area contributed by atoms with Gasteiger partial charge in [-0.25, -0.2) is 4.52 Å². The summed E-state index contributed by atoms with van der Waals surface area (Å²) in [6.45, 7) is 4.00. The van der Waals surface area contributed by atoms with Gasteiger partial charge in [-0.2, -0.15) is 10.1 Å². The molecule has 0 N–H and O–H groups in total. The van der Waals surface area contributed by atoms with Crippen LogP contribution in [-0.4, -0.2) is 19.5 Å². The van der Waals surface area contributed by atoms with Gasteiger partial charge in [0.1, 0.15) is 17.6 Å². The molecular weight excluding hydrogens is 308 g/mol. The lowest BCUT2D eigenvalue weighted by molar-refractivity contribution is -0.384. The Morgan fingerprint density at radius 3 is 2.55 bits per heavy atom. The highest BCUT2D eigenvalue weighted by atomic mass is 35.5. The summed E-state index contributed by atoms with van der Waals surface area (Å²) in [7, 11) is 0. The number of nitro groups is 1. The van der Waals surface area contributed by atoms with Gasteiger partial charge in [0.05, 0.1) is 9.95 Å². The van der Waals surface area contributed by atoms with Crippen molar-refractivity contribution in [1.82, 2.24) is 14.6 Å². The first kappa shape index (κ1) is 15.7. The number of halogens is 1. The molecule has 0 spiro atoms. The second kappa shape index (κ2) is 6.86. The molecule has 0 bridgehead atoms. The Bertz CT molecular complexity index is 786. The van der Waals surface area contributed by atoms with Gasteiger partial charge in [0.15, 0.2) is 0 Å². The molecule has 2 aromatic heterocycles. The molecule has 3 rings (SSSR count). The lowest BCUT2D eigenvalue weighted by Crippen LogP contribution is -1.96. The van der Waals surface area contributed by atoms with Crippen molar-refractivity contribution >= 4 is 22.8 Å². The number of aromatic nitrogens is 3. The fourth-order valence-electron chi connectivity index (χ4n) is 1.71. The number of nitrogens with zero attached hydrogens (tertiary/aromatic N) is 4. The van der Waals surface area contributed by atoms with Gasteiger partial charge in [-0.05, 0) is 18.2 Å². The van der Waals surface area contributed by atoms with Crippen molar-refractivity contribution in [2.24, 2.45) is 0 Å². The highest BCUT2D eigenvalue weighted by Crippen LogP contribution is 2.29. The second-order valence-electron chi connectivity index (χ2n) is 3.88. The summed E-state index contributed by atoms with van der Waals surface area (Å²) in [4.78, 5) is 14.1. The fourth-order valence-corrected chi connectivity index (χ4v) is 1.94. The van der Waals surface area contributed by atoms with Crippen molar-refractivity contribution in [3.05, 3.63) is 58.0 Å². The smallest absolute Gasteiger partial charge is 0.269 e. The molecule has 0 fully saturated rings. The molecule has 0 aliphatic carbocycles. The quantitative estimate of drug-likeness (QED) is 0.535. The molecule has 8 heteroatoms. The van der Waals surface area contributed by atoms with Crippen molar-refractivity contribution in [2.45, 2.75) is 13.8 Å². The average molecular weight is 321 g/mol. The van der Waals surface area contributed by atoms with Crippen LogP contribution in [-0.2, 0) is 0 Å². The average Bonchev–Trinajstić information content (AvgIpc) is 2.92. The fraction of sp³-hybridized carbons (Fsp3) is 0.143. The molecule has 0 aliphatic heterocycles. The first-order chi connectivity index (χ1) is 10.6. The number of fused-ring (bicyclic) bond motifs is 1. The van der Waals surface area contributed by atoms with Gasteiger partial charge in [-0.1, -0.05) is 25.4 Å². The van der Waals surface area contributed by atoms with Crippen molar-refractivity contribution in [3.63, 3.8) is 0 Å². The lowest BCUT2D eigenvalue weighted by Gasteiger charge is -2.06. The predicted molar refractivity (Wildman–Crippen MR) is 82.5 cm³/mol. The maximum atomic E-state index is 10.6. The van der Waals surface area contributed by atoms with Gasteiger partial charge < -0.3 is 4.74 Å². The SMILES string of the molecule is CC.O=[N+]([O-])c1ccc(Oc2ncnn3ccc(Cl)c23)cc1. The maximum absolute atomic E-state index is 10.6. The highest BCUT2D eigenvalue weighted by molar-refractivity contribution is 6.34. The molecule has 7 nitrogen and oxygen atoms in total. The first-order valence-corrected chi connectivity index (χ1v) is 6.93. The number of hydrogen-bond donors (Lipinski definition) is 0. The normalized spacial score (nSPS) is 9.95. The number of benzene rings is 1. The predicted octanol–water partition coefficient (Wildman–Crippen LogP) is 4.11. The minimum atomic E-state index is -0.476. The molecule has 2 heterocycles. The number of non-ortho nitro benzene ring substituents is 1. The topological polar surface area (TPSA) is 82.6 Å². The zero-order valence-electron chi connectivity index (χ0n) is 11.9. The molecule has 0 saturated heterocycles. The Labute approximate surface area is 131 Å². The van der Waals surface area contributed by atoms with E-state index in [4.69, 9.17) is 16.3 Å². The van der Waals surface area contributed by atoms with E-state index < -0.39 is 4.92 Å². The molecule has 0 amide bonds. The zero-order valence-corrected chi connectivity index (χ0v) is 12.7. The number of hydrogen-bond acceptors (Lipinski definition) is 5. The molecule has 0 aliphatic rings. The Hall–Kier alpha value is -2.67. The third-order valence-corrected chi connectivity index (χ3v) is 2.94. The molecule has 114 valence electrons. The third kappa shape index (κ3) is 3.15.